The van der Waals surface area contributed by atoms with Crippen LogP contribution in [-0.4, -0.2) is 35.6 Å². The molecular weight excluding hydrogens is 291 g/mol. The lowest BCUT2D eigenvalue weighted by Gasteiger charge is -2.07. The second-order valence-corrected chi connectivity index (χ2v) is 4.50. The Morgan fingerprint density at radius 3 is 2.73 bits per heavy atom. The van der Waals surface area contributed by atoms with Crippen molar-refractivity contribution in [1.29, 1.82) is 0 Å². The number of nitrogens with one attached hydrogen (secondary N) is 2. The number of benzene rings is 1. The number of carboxylic acid groups (broad SMARTS) is 1. The van der Waals surface area contributed by atoms with E-state index in [4.69, 9.17) is 9.84 Å². The third-order valence-corrected chi connectivity index (χ3v) is 3.05. The molecule has 0 fully saturated rings. The Kier molecular flexibility index (Phi) is 4.77. The number of halogens is 1. The Labute approximate surface area is 125 Å². The smallest absolute Gasteiger partial charge is 0.352 e. The maximum Gasteiger partial charge on any atom is 0.352 e. The van der Waals surface area contributed by atoms with Gasteiger partial charge in [0.05, 0.1) is 6.61 Å². The molecular formula is C15H15FN2O4. The van der Waals surface area contributed by atoms with Gasteiger partial charge in [0.2, 0.25) is 0 Å². The Balaban J connectivity index is 2.10. The molecule has 1 amide bonds. The standard InChI is InChI=1S/C15H15FN2O4/c1-17-14(19)13-12(8-11(18-13)15(20)21)22-7-6-9-4-2-3-5-10(9)16/h2-5,8,18H,6-7H2,1H3,(H,17,19)(H,20,21). The molecule has 6 nitrogen and oxygen atoms in total. The van der Waals surface area contributed by atoms with Crippen LogP contribution in [0.15, 0.2) is 30.3 Å². The van der Waals surface area contributed by atoms with Crippen molar-refractivity contribution >= 4 is 11.9 Å². The summed E-state index contributed by atoms with van der Waals surface area (Å²) in [4.78, 5) is 25.1. The maximum absolute atomic E-state index is 13.5. The van der Waals surface area contributed by atoms with Crippen LogP contribution < -0.4 is 10.1 Å². The molecule has 0 aliphatic rings. The van der Waals surface area contributed by atoms with Gasteiger partial charge in [0.25, 0.3) is 5.91 Å². The highest BCUT2D eigenvalue weighted by Gasteiger charge is 2.19. The highest BCUT2D eigenvalue weighted by molar-refractivity contribution is 5.97. The number of hydrogen-bond acceptors (Lipinski definition) is 3. The minimum Gasteiger partial charge on any atom is -0.491 e. The van der Waals surface area contributed by atoms with Gasteiger partial charge in [-0.25, -0.2) is 9.18 Å². The number of ether oxygens (including phenoxy) is 1. The van der Waals surface area contributed by atoms with E-state index in [0.29, 0.717) is 12.0 Å². The quantitative estimate of drug-likeness (QED) is 0.759. The number of carboxylic acids is 1. The summed E-state index contributed by atoms with van der Waals surface area (Å²) < 4.78 is 18.9. The fourth-order valence-corrected chi connectivity index (χ4v) is 1.93. The van der Waals surface area contributed by atoms with Crippen LogP contribution in [-0.2, 0) is 6.42 Å². The number of carbonyl (C=O) groups excluding carboxylic acids is 1. The van der Waals surface area contributed by atoms with Crippen molar-refractivity contribution < 1.29 is 23.8 Å². The van der Waals surface area contributed by atoms with Crippen LogP contribution in [0.2, 0.25) is 0 Å². The number of rotatable bonds is 6. The summed E-state index contributed by atoms with van der Waals surface area (Å²) in [5.74, 6) is -1.91. The molecule has 0 radical (unpaired) electrons. The van der Waals surface area contributed by atoms with Gasteiger partial charge in [-0.1, -0.05) is 18.2 Å². The molecule has 0 saturated heterocycles. The molecule has 0 atom stereocenters. The zero-order valence-corrected chi connectivity index (χ0v) is 11.9. The number of aromatic carboxylic acids is 1. The topological polar surface area (TPSA) is 91.4 Å². The molecule has 1 aromatic heterocycles. The van der Waals surface area contributed by atoms with Crippen LogP contribution in [0.4, 0.5) is 4.39 Å². The fraction of sp³-hybridized carbons (Fsp3) is 0.200. The van der Waals surface area contributed by atoms with E-state index >= 15 is 0 Å². The molecule has 22 heavy (non-hydrogen) atoms. The molecule has 1 aromatic carbocycles. The predicted molar refractivity (Wildman–Crippen MR) is 76.7 cm³/mol. The predicted octanol–water partition coefficient (Wildman–Crippen LogP) is 1.83. The lowest BCUT2D eigenvalue weighted by Crippen LogP contribution is -2.19. The molecule has 3 N–H and O–H groups in total. The van der Waals surface area contributed by atoms with Gasteiger partial charge in [-0.05, 0) is 11.6 Å². The Morgan fingerprint density at radius 1 is 1.36 bits per heavy atom. The third-order valence-electron chi connectivity index (χ3n) is 3.05. The number of amides is 1. The summed E-state index contributed by atoms with van der Waals surface area (Å²) in [5.41, 5.74) is 0.353. The van der Waals surface area contributed by atoms with Crippen LogP contribution in [0.1, 0.15) is 26.5 Å². The second-order valence-electron chi connectivity index (χ2n) is 4.50. The zero-order valence-electron chi connectivity index (χ0n) is 11.9. The van der Waals surface area contributed by atoms with Crippen LogP contribution in [0.25, 0.3) is 0 Å². The first-order chi connectivity index (χ1) is 10.5. The minimum atomic E-state index is -1.20. The highest BCUT2D eigenvalue weighted by Crippen LogP contribution is 2.20. The van der Waals surface area contributed by atoms with Gasteiger partial charge >= 0.3 is 5.97 Å². The minimum absolute atomic E-state index is 0.0217. The van der Waals surface area contributed by atoms with Gasteiger partial charge in [0, 0.05) is 19.5 Å². The lowest BCUT2D eigenvalue weighted by atomic mass is 10.1. The maximum atomic E-state index is 13.5. The number of aromatic nitrogens is 1. The average molecular weight is 306 g/mol. The molecule has 2 aromatic rings. The van der Waals surface area contributed by atoms with E-state index in [0.717, 1.165) is 0 Å². The van der Waals surface area contributed by atoms with Crippen LogP contribution in [0, 0.1) is 5.82 Å². The van der Waals surface area contributed by atoms with Crippen molar-refractivity contribution in [3.8, 4) is 5.75 Å². The van der Waals surface area contributed by atoms with E-state index in [1.54, 1.807) is 18.2 Å². The third kappa shape index (κ3) is 3.43. The zero-order chi connectivity index (χ0) is 16.1. The molecule has 0 saturated carbocycles. The van der Waals surface area contributed by atoms with Gasteiger partial charge in [0.15, 0.2) is 5.75 Å². The molecule has 2 rings (SSSR count). The van der Waals surface area contributed by atoms with Crippen molar-refractivity contribution in [2.24, 2.45) is 0 Å². The van der Waals surface area contributed by atoms with Crippen molar-refractivity contribution in [3.63, 3.8) is 0 Å². The number of carbonyl (C=O) groups is 2. The second kappa shape index (κ2) is 6.75. The van der Waals surface area contributed by atoms with E-state index in [9.17, 15) is 14.0 Å². The molecule has 0 aliphatic heterocycles. The van der Waals surface area contributed by atoms with Gasteiger partial charge in [0.1, 0.15) is 17.2 Å². The number of aromatic amines is 1. The summed E-state index contributed by atoms with van der Waals surface area (Å²) >= 11 is 0. The summed E-state index contributed by atoms with van der Waals surface area (Å²) in [6.45, 7) is 0.113. The van der Waals surface area contributed by atoms with Gasteiger partial charge < -0.3 is 20.1 Å². The Hall–Kier alpha value is -2.83. The number of hydrogen-bond donors (Lipinski definition) is 3. The van der Waals surface area contributed by atoms with Crippen LogP contribution in [0.5, 0.6) is 5.75 Å². The monoisotopic (exact) mass is 306 g/mol. The summed E-state index contributed by atoms with van der Waals surface area (Å²) in [6.07, 6.45) is 0.299. The van der Waals surface area contributed by atoms with E-state index in [2.05, 4.69) is 10.3 Å². The molecule has 0 unspecified atom stereocenters. The van der Waals surface area contributed by atoms with E-state index < -0.39 is 11.9 Å². The van der Waals surface area contributed by atoms with Gasteiger partial charge in [-0.2, -0.15) is 0 Å². The summed E-state index contributed by atoms with van der Waals surface area (Å²) in [7, 11) is 1.42. The molecule has 116 valence electrons. The molecule has 0 spiro atoms. The normalized spacial score (nSPS) is 10.3. The SMILES string of the molecule is CNC(=O)c1[nH]c(C(=O)O)cc1OCCc1ccccc1F. The summed E-state index contributed by atoms with van der Waals surface area (Å²) in [6, 6.07) is 7.53. The van der Waals surface area contributed by atoms with Crippen LogP contribution >= 0.6 is 0 Å². The first-order valence-corrected chi connectivity index (χ1v) is 6.57. The number of H-pyrrole nitrogens is 1. The first kappa shape index (κ1) is 15.6. The largest absolute Gasteiger partial charge is 0.491 e. The molecule has 7 heteroatoms. The van der Waals surface area contributed by atoms with Crippen molar-refractivity contribution in [2.75, 3.05) is 13.7 Å². The van der Waals surface area contributed by atoms with E-state index in [-0.39, 0.29) is 29.6 Å². The van der Waals surface area contributed by atoms with Crippen LogP contribution in [0.3, 0.4) is 0 Å². The lowest BCUT2D eigenvalue weighted by molar-refractivity contribution is 0.0691. The summed E-state index contributed by atoms with van der Waals surface area (Å²) in [5, 5.41) is 11.3. The molecule has 0 aliphatic carbocycles. The first-order valence-electron chi connectivity index (χ1n) is 6.57. The molecule has 0 bridgehead atoms. The highest BCUT2D eigenvalue weighted by atomic mass is 19.1. The Morgan fingerprint density at radius 2 is 2.09 bits per heavy atom. The van der Waals surface area contributed by atoms with E-state index in [1.807, 2.05) is 0 Å². The average Bonchev–Trinajstić information content (AvgIpc) is 2.93. The van der Waals surface area contributed by atoms with Crippen molar-refractivity contribution in [3.05, 3.63) is 53.1 Å². The Bertz CT molecular complexity index is 697. The molecule has 1 heterocycles. The van der Waals surface area contributed by atoms with Crippen molar-refractivity contribution in [1.82, 2.24) is 10.3 Å². The van der Waals surface area contributed by atoms with Crippen molar-refractivity contribution in [2.45, 2.75) is 6.42 Å². The van der Waals surface area contributed by atoms with Gasteiger partial charge in [-0.15, -0.1) is 0 Å². The fourth-order valence-electron chi connectivity index (χ4n) is 1.93. The van der Waals surface area contributed by atoms with E-state index in [1.165, 1.54) is 19.2 Å². The van der Waals surface area contributed by atoms with Gasteiger partial charge in [-0.3, -0.25) is 4.79 Å².